The maximum Gasteiger partial charge on any atom is 0.310 e. The van der Waals surface area contributed by atoms with E-state index in [2.05, 4.69) is 6.07 Å². The Morgan fingerprint density at radius 2 is 2.17 bits per heavy atom. The first-order chi connectivity index (χ1) is 8.65. The van der Waals surface area contributed by atoms with Gasteiger partial charge in [-0.15, -0.1) is 0 Å². The fourth-order valence-electron chi connectivity index (χ4n) is 1.96. The quantitative estimate of drug-likeness (QED) is 0.802. The third-order valence-electron chi connectivity index (χ3n) is 2.75. The molecule has 0 aliphatic heterocycles. The Kier molecular flexibility index (Phi) is 5.34. The van der Waals surface area contributed by atoms with Crippen molar-refractivity contribution in [3.05, 3.63) is 34.4 Å². The van der Waals surface area contributed by atoms with Crippen LogP contribution in [0.15, 0.2) is 12.1 Å². The van der Waals surface area contributed by atoms with Crippen molar-refractivity contribution < 1.29 is 9.53 Å². The molecule has 0 aliphatic carbocycles. The number of rotatable bonds is 5. The molecule has 1 rings (SSSR count). The number of ether oxygens (including phenoxy) is 1. The van der Waals surface area contributed by atoms with E-state index < -0.39 is 0 Å². The van der Waals surface area contributed by atoms with Crippen molar-refractivity contribution in [3.8, 4) is 6.07 Å². The van der Waals surface area contributed by atoms with Gasteiger partial charge in [-0.25, -0.2) is 0 Å². The molecule has 18 heavy (non-hydrogen) atoms. The first kappa shape index (κ1) is 14.2. The molecule has 1 aromatic carbocycles. The van der Waals surface area contributed by atoms with Gasteiger partial charge in [0, 0.05) is 6.54 Å². The topological polar surface area (TPSA) is 76.1 Å². The zero-order chi connectivity index (χ0) is 13.5. The number of esters is 1. The van der Waals surface area contributed by atoms with Crippen molar-refractivity contribution in [2.45, 2.75) is 33.2 Å². The van der Waals surface area contributed by atoms with Crippen molar-refractivity contribution in [2.75, 3.05) is 6.61 Å². The van der Waals surface area contributed by atoms with Crippen molar-refractivity contribution in [1.29, 1.82) is 5.26 Å². The molecule has 0 radical (unpaired) electrons. The van der Waals surface area contributed by atoms with Gasteiger partial charge in [-0.1, -0.05) is 13.0 Å². The lowest BCUT2D eigenvalue weighted by atomic mass is 9.94. The molecule has 4 nitrogen and oxygen atoms in total. The fourth-order valence-corrected chi connectivity index (χ4v) is 1.96. The highest BCUT2D eigenvalue weighted by Gasteiger charge is 2.13. The van der Waals surface area contributed by atoms with Gasteiger partial charge >= 0.3 is 5.97 Å². The predicted molar refractivity (Wildman–Crippen MR) is 68.8 cm³/mol. The second-order valence-corrected chi connectivity index (χ2v) is 3.93. The van der Waals surface area contributed by atoms with Gasteiger partial charge in [-0.05, 0) is 36.1 Å². The summed E-state index contributed by atoms with van der Waals surface area (Å²) in [6.07, 6.45) is 0.905. The van der Waals surface area contributed by atoms with Crippen molar-refractivity contribution in [2.24, 2.45) is 5.73 Å². The Morgan fingerprint density at radius 1 is 1.44 bits per heavy atom. The van der Waals surface area contributed by atoms with Crippen LogP contribution in [-0.4, -0.2) is 12.6 Å². The second kappa shape index (κ2) is 6.77. The number of benzene rings is 1. The number of carbonyl (C=O) groups is 1. The summed E-state index contributed by atoms with van der Waals surface area (Å²) in [5, 5.41) is 9.12. The molecule has 0 aliphatic rings. The molecule has 0 aromatic heterocycles. The highest BCUT2D eigenvalue weighted by molar-refractivity contribution is 5.73. The van der Waals surface area contributed by atoms with E-state index in [0.717, 1.165) is 16.7 Å². The molecule has 1 aromatic rings. The van der Waals surface area contributed by atoms with Gasteiger partial charge < -0.3 is 10.5 Å². The summed E-state index contributed by atoms with van der Waals surface area (Å²) in [4.78, 5) is 11.5. The lowest BCUT2D eigenvalue weighted by Gasteiger charge is -2.11. The van der Waals surface area contributed by atoms with Gasteiger partial charge in [0.05, 0.1) is 24.7 Å². The maximum atomic E-state index is 11.5. The summed E-state index contributed by atoms with van der Waals surface area (Å²) in [5.74, 6) is -0.273. The molecule has 96 valence electrons. The molecule has 0 saturated heterocycles. The summed E-state index contributed by atoms with van der Waals surface area (Å²) < 4.78 is 4.94. The minimum Gasteiger partial charge on any atom is -0.466 e. The molecule has 0 atom stereocenters. The average Bonchev–Trinajstić information content (AvgIpc) is 2.37. The molecule has 0 spiro atoms. The lowest BCUT2D eigenvalue weighted by Crippen LogP contribution is -2.11. The zero-order valence-electron chi connectivity index (χ0n) is 10.8. The van der Waals surface area contributed by atoms with E-state index in [1.54, 1.807) is 13.0 Å². The van der Waals surface area contributed by atoms with E-state index in [9.17, 15) is 4.79 Å². The summed E-state index contributed by atoms with van der Waals surface area (Å²) in [6.45, 7) is 4.46. The Labute approximate surface area is 107 Å². The van der Waals surface area contributed by atoms with Crippen LogP contribution in [0.5, 0.6) is 0 Å². The molecule has 0 unspecified atom stereocenters. The van der Waals surface area contributed by atoms with E-state index in [1.807, 2.05) is 13.0 Å². The standard InChI is InChI=1S/C14H18N2O2/c1-3-13-11(7-14(17)18-4-2)5-10(8-15)6-12(13)9-16/h5-6H,3-4,7-8,15H2,1-2H3. The highest BCUT2D eigenvalue weighted by atomic mass is 16.5. The van der Waals surface area contributed by atoms with Crippen LogP contribution >= 0.6 is 0 Å². The van der Waals surface area contributed by atoms with Gasteiger partial charge in [-0.3, -0.25) is 4.79 Å². The van der Waals surface area contributed by atoms with E-state index in [-0.39, 0.29) is 12.4 Å². The smallest absolute Gasteiger partial charge is 0.310 e. The summed E-state index contributed by atoms with van der Waals surface area (Å²) in [7, 11) is 0. The third-order valence-corrected chi connectivity index (χ3v) is 2.75. The molecular weight excluding hydrogens is 228 g/mol. The molecule has 0 amide bonds. The Hall–Kier alpha value is -1.86. The first-order valence-corrected chi connectivity index (χ1v) is 6.06. The van der Waals surface area contributed by atoms with Crippen LogP contribution in [0.25, 0.3) is 0 Å². The average molecular weight is 246 g/mol. The highest BCUT2D eigenvalue weighted by Crippen LogP contribution is 2.19. The number of hydrogen-bond acceptors (Lipinski definition) is 4. The Morgan fingerprint density at radius 3 is 2.67 bits per heavy atom. The lowest BCUT2D eigenvalue weighted by molar-refractivity contribution is -0.142. The third kappa shape index (κ3) is 3.31. The fraction of sp³-hybridized carbons (Fsp3) is 0.429. The van der Waals surface area contributed by atoms with Gasteiger partial charge in [0.15, 0.2) is 0 Å². The summed E-state index contributed by atoms with van der Waals surface area (Å²) in [5.41, 5.74) is 8.81. The van der Waals surface area contributed by atoms with Crippen molar-refractivity contribution >= 4 is 5.97 Å². The summed E-state index contributed by atoms with van der Waals surface area (Å²) in [6, 6.07) is 5.83. The predicted octanol–water partition coefficient (Wildman–Crippen LogP) is 1.68. The SMILES string of the molecule is CCOC(=O)Cc1cc(CN)cc(C#N)c1CC. The van der Waals surface area contributed by atoms with Crippen molar-refractivity contribution in [3.63, 3.8) is 0 Å². The van der Waals surface area contributed by atoms with Crippen LogP contribution in [0.3, 0.4) is 0 Å². The van der Waals surface area contributed by atoms with E-state index in [1.165, 1.54) is 0 Å². The Bertz CT molecular complexity index is 475. The normalized spacial score (nSPS) is 9.89. The van der Waals surface area contributed by atoms with Crippen LogP contribution in [0.1, 0.15) is 36.1 Å². The molecule has 0 bridgehead atoms. The summed E-state index contributed by atoms with van der Waals surface area (Å²) >= 11 is 0. The van der Waals surface area contributed by atoms with Gasteiger partial charge in [0.25, 0.3) is 0 Å². The van der Waals surface area contributed by atoms with E-state index in [0.29, 0.717) is 25.1 Å². The van der Waals surface area contributed by atoms with Crippen LogP contribution in [0.2, 0.25) is 0 Å². The van der Waals surface area contributed by atoms with Crippen LogP contribution in [0, 0.1) is 11.3 Å². The number of nitriles is 1. The molecule has 4 heteroatoms. The second-order valence-electron chi connectivity index (χ2n) is 3.93. The minimum absolute atomic E-state index is 0.194. The Balaban J connectivity index is 3.15. The number of hydrogen-bond donors (Lipinski definition) is 1. The van der Waals surface area contributed by atoms with Crippen molar-refractivity contribution in [1.82, 2.24) is 0 Å². The first-order valence-electron chi connectivity index (χ1n) is 6.06. The van der Waals surface area contributed by atoms with Gasteiger partial charge in [0.2, 0.25) is 0 Å². The maximum absolute atomic E-state index is 11.5. The zero-order valence-corrected chi connectivity index (χ0v) is 10.8. The minimum atomic E-state index is -0.273. The number of carbonyl (C=O) groups excluding carboxylic acids is 1. The van der Waals surface area contributed by atoms with E-state index in [4.69, 9.17) is 15.7 Å². The molecular formula is C14H18N2O2. The monoisotopic (exact) mass is 246 g/mol. The van der Waals surface area contributed by atoms with Crippen LogP contribution < -0.4 is 5.73 Å². The number of nitrogens with two attached hydrogens (primary N) is 1. The van der Waals surface area contributed by atoms with Gasteiger partial charge in [0.1, 0.15) is 0 Å². The molecule has 0 heterocycles. The van der Waals surface area contributed by atoms with E-state index >= 15 is 0 Å². The molecule has 0 saturated carbocycles. The molecule has 0 fully saturated rings. The number of nitrogens with zero attached hydrogens (tertiary/aromatic N) is 1. The van der Waals surface area contributed by atoms with Crippen LogP contribution in [-0.2, 0) is 28.9 Å². The van der Waals surface area contributed by atoms with Crippen LogP contribution in [0.4, 0.5) is 0 Å². The largest absolute Gasteiger partial charge is 0.466 e. The molecule has 2 N–H and O–H groups in total. The van der Waals surface area contributed by atoms with Gasteiger partial charge in [-0.2, -0.15) is 5.26 Å².